The Morgan fingerprint density at radius 1 is 1.30 bits per heavy atom. The Morgan fingerprint density at radius 2 is 1.90 bits per heavy atom. The third kappa shape index (κ3) is 3.16. The number of aliphatic hydroxyl groups excluding tert-OH is 1. The van der Waals surface area contributed by atoms with E-state index in [4.69, 9.17) is 5.11 Å². The van der Waals surface area contributed by atoms with E-state index in [1.54, 1.807) is 4.57 Å². The molecule has 114 valence electrons. The summed E-state index contributed by atoms with van der Waals surface area (Å²) in [5.41, 5.74) is -0.800. The van der Waals surface area contributed by atoms with Crippen molar-refractivity contribution in [2.45, 2.75) is 57.7 Å². The molecule has 0 atom stereocenters. The summed E-state index contributed by atoms with van der Waals surface area (Å²) in [5.74, 6) is 0.899. The predicted molar refractivity (Wildman–Crippen MR) is 69.4 cm³/mol. The zero-order chi connectivity index (χ0) is 14.9. The van der Waals surface area contributed by atoms with Crippen molar-refractivity contribution in [1.29, 1.82) is 0 Å². The monoisotopic (exact) mass is 290 g/mol. The molecular weight excluding hydrogens is 269 g/mol. The fraction of sp³-hybridized carbons (Fsp3) is 0.786. The first-order chi connectivity index (χ1) is 9.32. The standard InChI is InChI=1S/C14H21F3N2O/c1-9(2)19-7-12(14(15,16)17)18-13(19)11-5-3-10(8-20)4-6-11/h7,9-11,20H,3-6,8H2,1-2H3. The molecule has 6 heteroatoms. The molecule has 1 aliphatic rings. The van der Waals surface area contributed by atoms with Crippen molar-refractivity contribution in [3.05, 3.63) is 17.7 Å². The first-order valence-electron chi connectivity index (χ1n) is 7.09. The second-order valence-electron chi connectivity index (χ2n) is 5.88. The molecule has 2 rings (SSSR count). The Hall–Kier alpha value is -1.04. The number of aliphatic hydroxyl groups is 1. The molecule has 1 heterocycles. The van der Waals surface area contributed by atoms with Gasteiger partial charge in [0.1, 0.15) is 5.82 Å². The van der Waals surface area contributed by atoms with Gasteiger partial charge in [-0.05, 0) is 45.4 Å². The van der Waals surface area contributed by atoms with Crippen LogP contribution in [0.5, 0.6) is 0 Å². The number of hydrogen-bond acceptors (Lipinski definition) is 2. The Morgan fingerprint density at radius 3 is 2.35 bits per heavy atom. The summed E-state index contributed by atoms with van der Waals surface area (Å²) in [6.07, 6.45) is 0.0365. The van der Waals surface area contributed by atoms with Crippen LogP contribution in [0.4, 0.5) is 13.2 Å². The molecule has 1 saturated carbocycles. The van der Waals surface area contributed by atoms with Crippen molar-refractivity contribution >= 4 is 0 Å². The lowest BCUT2D eigenvalue weighted by atomic mass is 9.82. The largest absolute Gasteiger partial charge is 0.434 e. The molecule has 0 spiro atoms. The molecule has 0 amide bonds. The summed E-state index contributed by atoms with van der Waals surface area (Å²) in [7, 11) is 0. The van der Waals surface area contributed by atoms with E-state index in [0.29, 0.717) is 5.82 Å². The first kappa shape index (κ1) is 15.4. The highest BCUT2D eigenvalue weighted by Gasteiger charge is 2.36. The molecule has 1 aliphatic carbocycles. The lowest BCUT2D eigenvalue weighted by Gasteiger charge is -2.28. The Bertz CT molecular complexity index is 446. The molecule has 1 fully saturated rings. The summed E-state index contributed by atoms with van der Waals surface area (Å²) < 4.78 is 40.1. The van der Waals surface area contributed by atoms with Crippen molar-refractivity contribution in [3.8, 4) is 0 Å². The molecule has 0 radical (unpaired) electrons. The molecule has 3 nitrogen and oxygen atoms in total. The van der Waals surface area contributed by atoms with Crippen LogP contribution in [0.25, 0.3) is 0 Å². The summed E-state index contributed by atoms with van der Waals surface area (Å²) in [6.45, 7) is 3.90. The second kappa shape index (κ2) is 5.76. The van der Waals surface area contributed by atoms with Crippen molar-refractivity contribution in [2.24, 2.45) is 5.92 Å². The first-order valence-corrected chi connectivity index (χ1v) is 7.09. The zero-order valence-electron chi connectivity index (χ0n) is 11.8. The topological polar surface area (TPSA) is 38.0 Å². The maximum Gasteiger partial charge on any atom is 0.434 e. The van der Waals surface area contributed by atoms with E-state index < -0.39 is 11.9 Å². The van der Waals surface area contributed by atoms with Gasteiger partial charge in [-0.3, -0.25) is 0 Å². The van der Waals surface area contributed by atoms with Gasteiger partial charge in [0.15, 0.2) is 5.69 Å². The van der Waals surface area contributed by atoms with Crippen LogP contribution in [-0.4, -0.2) is 21.3 Å². The van der Waals surface area contributed by atoms with Gasteiger partial charge in [0.05, 0.1) is 0 Å². The van der Waals surface area contributed by atoms with Crippen molar-refractivity contribution in [3.63, 3.8) is 0 Å². The number of aromatic nitrogens is 2. The lowest BCUT2D eigenvalue weighted by molar-refractivity contribution is -0.141. The average molecular weight is 290 g/mol. The van der Waals surface area contributed by atoms with Gasteiger partial charge in [-0.2, -0.15) is 13.2 Å². The Labute approximate surface area is 116 Å². The van der Waals surface area contributed by atoms with Crippen LogP contribution < -0.4 is 0 Å². The van der Waals surface area contributed by atoms with Crippen molar-refractivity contribution < 1.29 is 18.3 Å². The van der Waals surface area contributed by atoms with Gasteiger partial charge in [0, 0.05) is 24.8 Å². The Kier molecular flexibility index (Phi) is 4.42. The maximum absolute atomic E-state index is 12.8. The minimum atomic E-state index is -4.39. The summed E-state index contributed by atoms with van der Waals surface area (Å²) in [5, 5.41) is 9.13. The fourth-order valence-electron chi connectivity index (χ4n) is 2.86. The van der Waals surface area contributed by atoms with E-state index in [1.165, 1.54) is 0 Å². The SMILES string of the molecule is CC(C)n1cc(C(F)(F)F)nc1C1CCC(CO)CC1. The van der Waals surface area contributed by atoms with E-state index in [9.17, 15) is 13.2 Å². The molecule has 20 heavy (non-hydrogen) atoms. The van der Waals surface area contributed by atoms with Gasteiger partial charge in [-0.25, -0.2) is 4.98 Å². The van der Waals surface area contributed by atoms with Gasteiger partial charge >= 0.3 is 6.18 Å². The van der Waals surface area contributed by atoms with E-state index in [2.05, 4.69) is 4.98 Å². The molecule has 1 N–H and O–H groups in total. The highest BCUT2D eigenvalue weighted by atomic mass is 19.4. The van der Waals surface area contributed by atoms with Crippen molar-refractivity contribution in [2.75, 3.05) is 6.61 Å². The third-order valence-corrected chi connectivity index (χ3v) is 4.08. The van der Waals surface area contributed by atoms with E-state index in [1.807, 2.05) is 13.8 Å². The summed E-state index contributed by atoms with van der Waals surface area (Å²) in [6, 6.07) is -0.0378. The predicted octanol–water partition coefficient (Wildman–Crippen LogP) is 3.75. The number of nitrogens with zero attached hydrogens (tertiary/aromatic N) is 2. The quantitative estimate of drug-likeness (QED) is 0.920. The van der Waals surface area contributed by atoms with Crippen LogP contribution >= 0.6 is 0 Å². The third-order valence-electron chi connectivity index (χ3n) is 4.08. The molecule has 0 aliphatic heterocycles. The van der Waals surface area contributed by atoms with Crippen molar-refractivity contribution in [1.82, 2.24) is 9.55 Å². The minimum absolute atomic E-state index is 0.0378. The second-order valence-corrected chi connectivity index (χ2v) is 5.88. The molecular formula is C14H21F3N2O. The highest BCUT2D eigenvalue weighted by molar-refractivity contribution is 5.13. The van der Waals surface area contributed by atoms with E-state index >= 15 is 0 Å². The van der Waals surface area contributed by atoms with Crippen LogP contribution in [-0.2, 0) is 6.18 Å². The fourth-order valence-corrected chi connectivity index (χ4v) is 2.86. The van der Waals surface area contributed by atoms with Crippen LogP contribution in [0, 0.1) is 5.92 Å². The lowest BCUT2D eigenvalue weighted by Crippen LogP contribution is -2.19. The number of hydrogen-bond donors (Lipinski definition) is 1. The maximum atomic E-state index is 12.8. The van der Waals surface area contributed by atoms with E-state index in [-0.39, 0.29) is 24.5 Å². The highest BCUT2D eigenvalue weighted by Crippen LogP contribution is 2.38. The molecule has 0 aromatic carbocycles. The van der Waals surface area contributed by atoms with E-state index in [0.717, 1.165) is 31.9 Å². The Balaban J connectivity index is 2.24. The molecule has 0 bridgehead atoms. The minimum Gasteiger partial charge on any atom is -0.396 e. The van der Waals surface area contributed by atoms with Gasteiger partial charge in [-0.15, -0.1) is 0 Å². The normalized spacial score (nSPS) is 24.4. The van der Waals surface area contributed by atoms with Crippen LogP contribution in [0.2, 0.25) is 0 Å². The van der Waals surface area contributed by atoms with Gasteiger partial charge in [-0.1, -0.05) is 0 Å². The summed E-state index contributed by atoms with van der Waals surface area (Å²) in [4.78, 5) is 3.85. The molecule has 1 aromatic rings. The van der Waals surface area contributed by atoms with Gasteiger partial charge in [0.2, 0.25) is 0 Å². The number of alkyl halides is 3. The van der Waals surface area contributed by atoms with Crippen LogP contribution in [0.1, 0.15) is 63.0 Å². The average Bonchev–Trinajstić information content (AvgIpc) is 2.84. The molecule has 1 aromatic heterocycles. The molecule has 0 saturated heterocycles. The zero-order valence-corrected chi connectivity index (χ0v) is 11.8. The molecule has 0 unspecified atom stereocenters. The van der Waals surface area contributed by atoms with Crippen LogP contribution in [0.15, 0.2) is 6.20 Å². The smallest absolute Gasteiger partial charge is 0.396 e. The summed E-state index contributed by atoms with van der Waals surface area (Å²) >= 11 is 0. The number of imidazole rings is 1. The number of rotatable bonds is 3. The van der Waals surface area contributed by atoms with Crippen LogP contribution in [0.3, 0.4) is 0 Å². The van der Waals surface area contributed by atoms with Gasteiger partial charge < -0.3 is 9.67 Å². The number of halogens is 3. The van der Waals surface area contributed by atoms with Gasteiger partial charge in [0.25, 0.3) is 0 Å².